The van der Waals surface area contributed by atoms with E-state index in [2.05, 4.69) is 4.98 Å². The Bertz CT molecular complexity index is 513. The molecule has 0 atom stereocenters. The highest BCUT2D eigenvalue weighted by molar-refractivity contribution is 6.33. The minimum atomic E-state index is -0.373. The molecular formula is C12H12ClFN2O. The molecule has 3 nitrogen and oxygen atoms in total. The molecule has 1 heterocycles. The number of nitrogens with zero attached hydrogens (tertiary/aromatic N) is 1. The summed E-state index contributed by atoms with van der Waals surface area (Å²) in [6.45, 7) is 0.592. The zero-order valence-electron chi connectivity index (χ0n) is 9.12. The van der Waals surface area contributed by atoms with Gasteiger partial charge in [-0.3, -0.25) is 0 Å². The summed E-state index contributed by atoms with van der Waals surface area (Å²) in [6.07, 6.45) is 3.09. The fourth-order valence-electron chi connectivity index (χ4n) is 1.49. The minimum Gasteiger partial charge on any atom is -0.441 e. The SMILES string of the molecule is NCCCc1ncc(-c2ccc(F)cc2Cl)o1. The number of hydrogen-bond donors (Lipinski definition) is 1. The van der Waals surface area contributed by atoms with Gasteiger partial charge in [0.1, 0.15) is 5.82 Å². The van der Waals surface area contributed by atoms with Crippen molar-refractivity contribution >= 4 is 11.6 Å². The molecular weight excluding hydrogens is 243 g/mol. The Morgan fingerprint density at radius 2 is 2.24 bits per heavy atom. The van der Waals surface area contributed by atoms with Crippen LogP contribution in [0.2, 0.25) is 5.02 Å². The monoisotopic (exact) mass is 254 g/mol. The lowest BCUT2D eigenvalue weighted by Gasteiger charge is -1.99. The van der Waals surface area contributed by atoms with Crippen LogP contribution in [0.25, 0.3) is 11.3 Å². The molecule has 0 aliphatic rings. The molecule has 2 aromatic rings. The van der Waals surface area contributed by atoms with Gasteiger partial charge in [-0.15, -0.1) is 0 Å². The first-order valence-corrected chi connectivity index (χ1v) is 5.68. The zero-order chi connectivity index (χ0) is 12.3. The summed E-state index contributed by atoms with van der Waals surface area (Å²) in [5, 5.41) is 0.312. The van der Waals surface area contributed by atoms with E-state index in [-0.39, 0.29) is 5.82 Å². The highest BCUT2D eigenvalue weighted by Gasteiger charge is 2.10. The van der Waals surface area contributed by atoms with Gasteiger partial charge in [-0.05, 0) is 31.2 Å². The summed E-state index contributed by atoms with van der Waals surface area (Å²) in [5.74, 6) is 0.787. The molecule has 1 aromatic carbocycles. The van der Waals surface area contributed by atoms with Crippen molar-refractivity contribution in [1.29, 1.82) is 0 Å². The Labute approximate surface area is 103 Å². The van der Waals surface area contributed by atoms with Gasteiger partial charge in [0.15, 0.2) is 11.7 Å². The maximum absolute atomic E-state index is 12.9. The molecule has 1 aromatic heterocycles. The van der Waals surface area contributed by atoms with Crippen LogP contribution in [-0.2, 0) is 6.42 Å². The molecule has 0 aliphatic carbocycles. The Kier molecular flexibility index (Phi) is 3.76. The van der Waals surface area contributed by atoms with E-state index < -0.39 is 0 Å². The van der Waals surface area contributed by atoms with Crippen molar-refractivity contribution in [2.45, 2.75) is 12.8 Å². The second-order valence-electron chi connectivity index (χ2n) is 3.63. The van der Waals surface area contributed by atoms with Crippen molar-refractivity contribution < 1.29 is 8.81 Å². The summed E-state index contributed by atoms with van der Waals surface area (Å²) in [5.41, 5.74) is 6.04. The minimum absolute atomic E-state index is 0.312. The first kappa shape index (κ1) is 12.1. The van der Waals surface area contributed by atoms with Crippen molar-refractivity contribution in [3.63, 3.8) is 0 Å². The van der Waals surface area contributed by atoms with Crippen LogP contribution < -0.4 is 5.73 Å². The number of benzene rings is 1. The number of nitrogens with two attached hydrogens (primary N) is 1. The fourth-order valence-corrected chi connectivity index (χ4v) is 1.75. The third-order valence-electron chi connectivity index (χ3n) is 2.34. The van der Waals surface area contributed by atoms with Crippen molar-refractivity contribution in [1.82, 2.24) is 4.98 Å². The van der Waals surface area contributed by atoms with E-state index in [9.17, 15) is 4.39 Å². The quantitative estimate of drug-likeness (QED) is 0.912. The maximum atomic E-state index is 12.9. The molecule has 90 valence electrons. The summed E-state index contributed by atoms with van der Waals surface area (Å²) in [7, 11) is 0. The number of aromatic nitrogens is 1. The van der Waals surface area contributed by atoms with E-state index in [1.54, 1.807) is 12.3 Å². The van der Waals surface area contributed by atoms with Gasteiger partial charge >= 0.3 is 0 Å². The first-order valence-electron chi connectivity index (χ1n) is 5.31. The second kappa shape index (κ2) is 5.29. The topological polar surface area (TPSA) is 52.0 Å². The Balaban J connectivity index is 2.24. The number of aryl methyl sites for hydroxylation is 1. The van der Waals surface area contributed by atoms with Crippen LogP contribution in [0.15, 0.2) is 28.8 Å². The third kappa shape index (κ3) is 2.84. The van der Waals surface area contributed by atoms with Crippen LogP contribution in [0.3, 0.4) is 0 Å². The first-order chi connectivity index (χ1) is 8.20. The molecule has 0 spiro atoms. The van der Waals surface area contributed by atoms with Gasteiger partial charge in [-0.1, -0.05) is 11.6 Å². The fraction of sp³-hybridized carbons (Fsp3) is 0.250. The van der Waals surface area contributed by atoms with E-state index in [0.29, 0.717) is 35.2 Å². The highest BCUT2D eigenvalue weighted by atomic mass is 35.5. The summed E-state index contributed by atoms with van der Waals surface area (Å²) in [4.78, 5) is 4.12. The molecule has 0 bridgehead atoms. The van der Waals surface area contributed by atoms with Gasteiger partial charge in [0, 0.05) is 12.0 Å². The maximum Gasteiger partial charge on any atom is 0.194 e. The smallest absolute Gasteiger partial charge is 0.194 e. The van der Waals surface area contributed by atoms with Crippen LogP contribution >= 0.6 is 11.6 Å². The van der Waals surface area contributed by atoms with E-state index in [0.717, 1.165) is 6.42 Å². The van der Waals surface area contributed by atoms with Crippen LogP contribution in [0.4, 0.5) is 4.39 Å². The molecule has 2 rings (SSSR count). The van der Waals surface area contributed by atoms with Crippen molar-refractivity contribution in [3.05, 3.63) is 41.1 Å². The Morgan fingerprint density at radius 1 is 1.41 bits per heavy atom. The Morgan fingerprint density at radius 3 is 2.94 bits per heavy atom. The lowest BCUT2D eigenvalue weighted by atomic mass is 10.2. The van der Waals surface area contributed by atoms with E-state index >= 15 is 0 Å². The average molecular weight is 255 g/mol. The molecule has 0 unspecified atom stereocenters. The molecule has 0 saturated carbocycles. The zero-order valence-corrected chi connectivity index (χ0v) is 9.88. The predicted octanol–water partition coefficient (Wildman–Crippen LogP) is 3.03. The van der Waals surface area contributed by atoms with Gasteiger partial charge in [0.25, 0.3) is 0 Å². The molecule has 2 N–H and O–H groups in total. The van der Waals surface area contributed by atoms with Gasteiger partial charge in [0.2, 0.25) is 0 Å². The van der Waals surface area contributed by atoms with E-state index in [4.69, 9.17) is 21.8 Å². The average Bonchev–Trinajstić information content (AvgIpc) is 2.75. The normalized spacial score (nSPS) is 10.8. The predicted molar refractivity (Wildman–Crippen MR) is 64.3 cm³/mol. The number of hydrogen-bond acceptors (Lipinski definition) is 3. The van der Waals surface area contributed by atoms with Gasteiger partial charge < -0.3 is 10.2 Å². The molecule has 0 aliphatic heterocycles. The molecule has 0 saturated heterocycles. The molecule has 17 heavy (non-hydrogen) atoms. The second-order valence-corrected chi connectivity index (χ2v) is 4.04. The standard InChI is InChI=1S/C12H12ClFN2O/c13-10-6-8(14)3-4-9(10)11-7-16-12(17-11)2-1-5-15/h3-4,6-7H,1-2,5,15H2. The van der Waals surface area contributed by atoms with Crippen LogP contribution in [-0.4, -0.2) is 11.5 Å². The largest absolute Gasteiger partial charge is 0.441 e. The van der Waals surface area contributed by atoms with Crippen LogP contribution in [0.5, 0.6) is 0 Å². The van der Waals surface area contributed by atoms with Crippen molar-refractivity contribution in [2.24, 2.45) is 5.73 Å². The summed E-state index contributed by atoms with van der Waals surface area (Å²) >= 11 is 5.93. The molecule has 5 heteroatoms. The summed E-state index contributed by atoms with van der Waals surface area (Å²) in [6, 6.07) is 4.16. The number of halogens is 2. The number of oxazole rings is 1. The lowest BCUT2D eigenvalue weighted by Crippen LogP contribution is -2.00. The summed E-state index contributed by atoms with van der Waals surface area (Å²) < 4.78 is 18.4. The van der Waals surface area contributed by atoms with Crippen LogP contribution in [0.1, 0.15) is 12.3 Å². The van der Waals surface area contributed by atoms with Crippen LogP contribution in [0, 0.1) is 5.82 Å². The van der Waals surface area contributed by atoms with Crippen molar-refractivity contribution in [2.75, 3.05) is 6.54 Å². The van der Waals surface area contributed by atoms with Gasteiger partial charge in [0.05, 0.1) is 11.2 Å². The lowest BCUT2D eigenvalue weighted by molar-refractivity contribution is 0.499. The Hall–Kier alpha value is -1.39. The number of rotatable bonds is 4. The molecule has 0 fully saturated rings. The highest BCUT2D eigenvalue weighted by Crippen LogP contribution is 2.29. The molecule has 0 radical (unpaired) electrons. The van der Waals surface area contributed by atoms with Crippen molar-refractivity contribution in [3.8, 4) is 11.3 Å². The molecule has 0 amide bonds. The van der Waals surface area contributed by atoms with E-state index in [1.165, 1.54) is 12.1 Å². The van der Waals surface area contributed by atoms with Gasteiger partial charge in [-0.2, -0.15) is 0 Å². The van der Waals surface area contributed by atoms with E-state index in [1.807, 2.05) is 0 Å². The third-order valence-corrected chi connectivity index (χ3v) is 2.66. The van der Waals surface area contributed by atoms with Gasteiger partial charge in [-0.25, -0.2) is 9.37 Å².